The van der Waals surface area contributed by atoms with Gasteiger partial charge in [0.2, 0.25) is 5.75 Å². The van der Waals surface area contributed by atoms with Gasteiger partial charge in [-0.05, 0) is 52.9 Å². The molecule has 0 aliphatic rings. The summed E-state index contributed by atoms with van der Waals surface area (Å²) >= 11 is 0. The number of hydrogen-bond acceptors (Lipinski definition) is 7. The van der Waals surface area contributed by atoms with Crippen LogP contribution in [0, 0.1) is 0 Å². The number of ether oxygens (including phenoxy) is 4. The first-order chi connectivity index (χ1) is 17.4. The Morgan fingerprint density at radius 1 is 0.784 bits per heavy atom. The van der Waals surface area contributed by atoms with Gasteiger partial charge in [0, 0.05) is 5.56 Å². The highest BCUT2D eigenvalue weighted by Crippen LogP contribution is 2.41. The summed E-state index contributed by atoms with van der Waals surface area (Å²) in [6.45, 7) is 6.15. The van der Waals surface area contributed by atoms with E-state index in [-0.39, 0.29) is 27.5 Å². The summed E-state index contributed by atoms with van der Waals surface area (Å²) in [4.78, 5) is 0.0716. The zero-order valence-corrected chi connectivity index (χ0v) is 22.9. The van der Waals surface area contributed by atoms with Crippen LogP contribution in [0.3, 0.4) is 0 Å². The van der Waals surface area contributed by atoms with E-state index in [4.69, 9.17) is 18.9 Å². The molecule has 0 aliphatic carbocycles. The summed E-state index contributed by atoms with van der Waals surface area (Å²) in [6.07, 6.45) is 3.40. The molecule has 0 amide bonds. The number of benzene rings is 3. The van der Waals surface area contributed by atoms with Crippen molar-refractivity contribution in [2.75, 3.05) is 33.2 Å². The number of sulfonamides is 1. The third kappa shape index (κ3) is 6.11. The smallest absolute Gasteiger partial charge is 0.262 e. The lowest BCUT2D eigenvalue weighted by Gasteiger charge is -2.19. The molecular formula is C28H33NO7S. The average molecular weight is 528 g/mol. The topological polar surface area (TPSA) is 103 Å². The first-order valence-corrected chi connectivity index (χ1v) is 12.9. The summed E-state index contributed by atoms with van der Waals surface area (Å²) in [5, 5.41) is 10.8. The van der Waals surface area contributed by atoms with E-state index in [1.54, 1.807) is 60.7 Å². The first kappa shape index (κ1) is 27.7. The zero-order chi connectivity index (χ0) is 27.4. The van der Waals surface area contributed by atoms with E-state index >= 15 is 0 Å². The second-order valence-electron chi connectivity index (χ2n) is 9.25. The van der Waals surface area contributed by atoms with Crippen LogP contribution in [-0.2, 0) is 15.4 Å². The Hall–Kier alpha value is -3.85. The first-order valence-electron chi connectivity index (χ1n) is 11.5. The number of phenolic OH excluding ortho intramolecular Hbond substituents is 1. The van der Waals surface area contributed by atoms with E-state index in [1.807, 2.05) is 0 Å². The molecule has 198 valence electrons. The second kappa shape index (κ2) is 11.0. The number of phenols is 1. The van der Waals surface area contributed by atoms with E-state index in [2.05, 4.69) is 25.5 Å². The fourth-order valence-corrected chi connectivity index (χ4v) is 4.80. The largest absolute Gasteiger partial charge is 0.503 e. The van der Waals surface area contributed by atoms with Crippen LogP contribution in [0.4, 0.5) is 5.69 Å². The SMILES string of the molecule is COc1ccc(/C=C\c2cc(OC)c(OC)c(OC)c2)c(NS(=O)(=O)c2ccc(C(C)(C)C)cc2)c1O. The zero-order valence-electron chi connectivity index (χ0n) is 22.1. The van der Waals surface area contributed by atoms with Gasteiger partial charge in [0.25, 0.3) is 10.0 Å². The van der Waals surface area contributed by atoms with Crippen LogP contribution in [0.2, 0.25) is 0 Å². The summed E-state index contributed by atoms with van der Waals surface area (Å²) in [7, 11) is 1.94. The number of anilines is 1. The molecule has 0 fully saturated rings. The number of nitrogens with one attached hydrogen (secondary N) is 1. The molecule has 3 aromatic carbocycles. The molecule has 0 spiro atoms. The van der Waals surface area contributed by atoms with Crippen LogP contribution in [0.5, 0.6) is 28.7 Å². The summed E-state index contributed by atoms with van der Waals surface area (Å²) in [6, 6.07) is 13.4. The monoisotopic (exact) mass is 527 g/mol. The Labute approximate surface area is 218 Å². The van der Waals surface area contributed by atoms with Gasteiger partial charge in [-0.15, -0.1) is 0 Å². The summed E-state index contributed by atoms with van der Waals surface area (Å²) in [5.41, 5.74) is 2.00. The van der Waals surface area contributed by atoms with Crippen molar-refractivity contribution >= 4 is 27.9 Å². The Morgan fingerprint density at radius 3 is 1.84 bits per heavy atom. The van der Waals surface area contributed by atoms with Gasteiger partial charge in [-0.2, -0.15) is 0 Å². The Kier molecular flexibility index (Phi) is 8.28. The van der Waals surface area contributed by atoms with Gasteiger partial charge >= 0.3 is 0 Å². The lowest BCUT2D eigenvalue weighted by atomic mass is 9.87. The lowest BCUT2D eigenvalue weighted by Crippen LogP contribution is -2.15. The maximum Gasteiger partial charge on any atom is 0.262 e. The van der Waals surface area contributed by atoms with Crippen molar-refractivity contribution in [2.24, 2.45) is 0 Å². The molecule has 0 heterocycles. The van der Waals surface area contributed by atoms with Crippen molar-refractivity contribution < 1.29 is 32.5 Å². The maximum atomic E-state index is 13.2. The highest BCUT2D eigenvalue weighted by Gasteiger charge is 2.22. The molecule has 3 rings (SSSR count). The van der Waals surface area contributed by atoms with Crippen LogP contribution < -0.4 is 23.7 Å². The van der Waals surface area contributed by atoms with Crippen molar-refractivity contribution in [2.45, 2.75) is 31.1 Å². The van der Waals surface area contributed by atoms with Gasteiger partial charge in [0.15, 0.2) is 23.0 Å². The van der Waals surface area contributed by atoms with E-state index < -0.39 is 10.0 Å². The van der Waals surface area contributed by atoms with Gasteiger partial charge in [0.1, 0.15) is 5.69 Å². The summed E-state index contributed by atoms with van der Waals surface area (Å²) < 4.78 is 50.4. The molecule has 0 radical (unpaired) electrons. The predicted molar refractivity (Wildman–Crippen MR) is 146 cm³/mol. The van der Waals surface area contributed by atoms with E-state index in [0.29, 0.717) is 28.4 Å². The van der Waals surface area contributed by atoms with E-state index in [1.165, 1.54) is 28.4 Å². The number of methoxy groups -OCH3 is 4. The second-order valence-corrected chi connectivity index (χ2v) is 10.9. The Morgan fingerprint density at radius 2 is 1.35 bits per heavy atom. The van der Waals surface area contributed by atoms with Crippen molar-refractivity contribution in [3.05, 3.63) is 65.2 Å². The van der Waals surface area contributed by atoms with Gasteiger partial charge in [-0.3, -0.25) is 4.72 Å². The van der Waals surface area contributed by atoms with Gasteiger partial charge in [-0.25, -0.2) is 8.42 Å². The fourth-order valence-electron chi connectivity index (χ4n) is 3.71. The van der Waals surface area contributed by atoms with E-state index in [9.17, 15) is 13.5 Å². The minimum atomic E-state index is -4.01. The fraction of sp³-hybridized carbons (Fsp3) is 0.286. The molecule has 0 saturated heterocycles. The predicted octanol–water partition coefficient (Wildman–Crippen LogP) is 5.70. The molecule has 9 heteroatoms. The molecule has 0 aromatic heterocycles. The molecule has 0 atom stereocenters. The Bertz CT molecular complexity index is 1360. The normalized spacial score (nSPS) is 11.9. The van der Waals surface area contributed by atoms with Crippen LogP contribution >= 0.6 is 0 Å². The number of rotatable bonds is 9. The molecule has 3 aromatic rings. The summed E-state index contributed by atoms with van der Waals surface area (Å²) in [5.74, 6) is 1.20. The molecule has 2 N–H and O–H groups in total. The van der Waals surface area contributed by atoms with Gasteiger partial charge in [-0.1, -0.05) is 45.1 Å². The lowest BCUT2D eigenvalue weighted by molar-refractivity contribution is 0.324. The minimum Gasteiger partial charge on any atom is -0.503 e. The van der Waals surface area contributed by atoms with Crippen LogP contribution in [-0.4, -0.2) is 42.0 Å². The molecule has 8 nitrogen and oxygen atoms in total. The molecule has 0 bridgehead atoms. The van der Waals surface area contributed by atoms with Crippen LogP contribution in [0.25, 0.3) is 12.2 Å². The minimum absolute atomic E-state index is 0.0112. The molecule has 0 aliphatic heterocycles. The highest BCUT2D eigenvalue weighted by atomic mass is 32.2. The van der Waals surface area contributed by atoms with E-state index in [0.717, 1.165) is 5.56 Å². The molecular weight excluding hydrogens is 494 g/mol. The number of hydrogen-bond donors (Lipinski definition) is 2. The van der Waals surface area contributed by atoms with Gasteiger partial charge in [0.05, 0.1) is 33.3 Å². The van der Waals surface area contributed by atoms with Crippen molar-refractivity contribution in [3.8, 4) is 28.7 Å². The van der Waals surface area contributed by atoms with Crippen LogP contribution in [0.15, 0.2) is 53.4 Å². The highest BCUT2D eigenvalue weighted by molar-refractivity contribution is 7.92. The Balaban J connectivity index is 2.03. The third-order valence-electron chi connectivity index (χ3n) is 5.80. The average Bonchev–Trinajstić information content (AvgIpc) is 2.87. The molecule has 37 heavy (non-hydrogen) atoms. The number of aromatic hydroxyl groups is 1. The van der Waals surface area contributed by atoms with Crippen LogP contribution in [0.1, 0.15) is 37.5 Å². The van der Waals surface area contributed by atoms with Crippen molar-refractivity contribution in [1.82, 2.24) is 0 Å². The third-order valence-corrected chi connectivity index (χ3v) is 7.17. The maximum absolute atomic E-state index is 13.2. The van der Waals surface area contributed by atoms with Gasteiger partial charge < -0.3 is 24.1 Å². The van der Waals surface area contributed by atoms with Crippen molar-refractivity contribution in [3.63, 3.8) is 0 Å². The standard InChI is InChI=1S/C28H33NO7S/c1-28(2,3)20-11-13-21(14-12-20)37(31,32)29-25-19(10-15-22(33-4)26(25)30)9-8-18-16-23(34-5)27(36-7)24(17-18)35-6/h8-17,29-30H,1-7H3/b9-8-. The molecule has 0 unspecified atom stereocenters. The quantitative estimate of drug-likeness (QED) is 0.272. The van der Waals surface area contributed by atoms with Crippen molar-refractivity contribution in [1.29, 1.82) is 0 Å². The molecule has 0 saturated carbocycles.